The first-order chi connectivity index (χ1) is 9.22. The fourth-order valence-corrected chi connectivity index (χ4v) is 4.98. The maximum Gasteiger partial charge on any atom is 0.119 e. The van der Waals surface area contributed by atoms with Gasteiger partial charge in [-0.05, 0) is 54.9 Å². The van der Waals surface area contributed by atoms with Crippen molar-refractivity contribution < 1.29 is 4.74 Å². The second-order valence-corrected chi connectivity index (χ2v) is 6.74. The van der Waals surface area contributed by atoms with Crippen molar-refractivity contribution in [3.05, 3.63) is 29.3 Å². The Balaban J connectivity index is 1.83. The highest BCUT2D eigenvalue weighted by Crippen LogP contribution is 2.56. The zero-order chi connectivity index (χ0) is 13.0. The van der Waals surface area contributed by atoms with E-state index in [0.717, 1.165) is 17.6 Å². The van der Waals surface area contributed by atoms with Gasteiger partial charge in [0.25, 0.3) is 0 Å². The lowest BCUT2D eigenvalue weighted by Gasteiger charge is -2.47. The summed E-state index contributed by atoms with van der Waals surface area (Å²) in [6.45, 7) is 2.42. The Kier molecular flexibility index (Phi) is 2.47. The molecule has 1 aromatic carbocycles. The number of nitrogens with one attached hydrogen (secondary N) is 1. The highest BCUT2D eigenvalue weighted by Gasteiger charge is 2.52. The van der Waals surface area contributed by atoms with Gasteiger partial charge in [0.2, 0.25) is 0 Å². The van der Waals surface area contributed by atoms with E-state index in [4.69, 9.17) is 4.74 Å². The molecular weight excluding hydrogens is 234 g/mol. The SMILES string of the molecule is COc1ccc2c(c1)C1(C)N[C@@H]2CC2CCCCC21. The van der Waals surface area contributed by atoms with Gasteiger partial charge < -0.3 is 10.1 Å². The smallest absolute Gasteiger partial charge is 0.119 e. The molecule has 0 radical (unpaired) electrons. The maximum atomic E-state index is 5.44. The van der Waals surface area contributed by atoms with Crippen molar-refractivity contribution in [1.82, 2.24) is 5.32 Å². The van der Waals surface area contributed by atoms with Crippen molar-refractivity contribution in [2.24, 2.45) is 11.8 Å². The summed E-state index contributed by atoms with van der Waals surface area (Å²) in [7, 11) is 1.77. The Hall–Kier alpha value is -1.02. The number of methoxy groups -OCH3 is 1. The van der Waals surface area contributed by atoms with Crippen molar-refractivity contribution in [1.29, 1.82) is 0 Å². The van der Waals surface area contributed by atoms with E-state index in [1.165, 1.54) is 43.2 Å². The molecule has 2 fully saturated rings. The van der Waals surface area contributed by atoms with Gasteiger partial charge >= 0.3 is 0 Å². The average molecular weight is 257 g/mol. The summed E-state index contributed by atoms with van der Waals surface area (Å²) in [4.78, 5) is 0. The standard InChI is InChI=1S/C17H23NO/c1-17-14-6-4-3-5-11(14)9-16(18-17)13-8-7-12(19-2)10-15(13)17/h7-8,10-11,14,16,18H,3-6,9H2,1-2H3/t11?,14?,16-,17?/m1/s1. The number of rotatable bonds is 1. The molecule has 2 nitrogen and oxygen atoms in total. The molecule has 1 aliphatic carbocycles. The largest absolute Gasteiger partial charge is 0.497 e. The first kappa shape index (κ1) is 11.8. The van der Waals surface area contributed by atoms with Gasteiger partial charge in [0.1, 0.15) is 5.75 Å². The Morgan fingerprint density at radius 1 is 1.26 bits per heavy atom. The topological polar surface area (TPSA) is 21.3 Å². The van der Waals surface area contributed by atoms with Crippen molar-refractivity contribution in [2.75, 3.05) is 7.11 Å². The van der Waals surface area contributed by atoms with E-state index in [-0.39, 0.29) is 5.54 Å². The number of piperidine rings is 1. The van der Waals surface area contributed by atoms with E-state index < -0.39 is 0 Å². The monoisotopic (exact) mass is 257 g/mol. The van der Waals surface area contributed by atoms with Crippen LogP contribution in [0.1, 0.15) is 56.2 Å². The Morgan fingerprint density at radius 2 is 2.11 bits per heavy atom. The molecule has 1 aromatic rings. The predicted octanol–water partition coefficient (Wildman–Crippen LogP) is 3.76. The van der Waals surface area contributed by atoms with Crippen LogP contribution in [0.2, 0.25) is 0 Å². The van der Waals surface area contributed by atoms with E-state index in [1.807, 2.05) is 0 Å². The van der Waals surface area contributed by atoms with Crippen LogP contribution in [0.3, 0.4) is 0 Å². The van der Waals surface area contributed by atoms with Crippen LogP contribution >= 0.6 is 0 Å². The van der Waals surface area contributed by atoms with Crippen LogP contribution < -0.4 is 10.1 Å². The summed E-state index contributed by atoms with van der Waals surface area (Å²) in [5.74, 6) is 2.73. The molecule has 4 rings (SSSR count). The predicted molar refractivity (Wildman–Crippen MR) is 76.3 cm³/mol. The van der Waals surface area contributed by atoms with E-state index >= 15 is 0 Å². The zero-order valence-corrected chi connectivity index (χ0v) is 11.9. The number of hydrogen-bond acceptors (Lipinski definition) is 2. The lowest BCUT2D eigenvalue weighted by atomic mass is 9.65. The van der Waals surface area contributed by atoms with Gasteiger partial charge in [-0.3, -0.25) is 0 Å². The summed E-state index contributed by atoms with van der Waals surface area (Å²) >= 11 is 0. The van der Waals surface area contributed by atoms with Gasteiger partial charge in [0.05, 0.1) is 7.11 Å². The highest BCUT2D eigenvalue weighted by molar-refractivity contribution is 5.47. The fraction of sp³-hybridized carbons (Fsp3) is 0.647. The molecule has 3 aliphatic rings. The molecule has 0 spiro atoms. The molecule has 1 saturated carbocycles. The molecule has 19 heavy (non-hydrogen) atoms. The van der Waals surface area contributed by atoms with Crippen LogP contribution in [-0.4, -0.2) is 7.11 Å². The van der Waals surface area contributed by atoms with Crippen LogP contribution in [0.15, 0.2) is 18.2 Å². The summed E-state index contributed by atoms with van der Waals surface area (Å²) in [6, 6.07) is 7.26. The van der Waals surface area contributed by atoms with Gasteiger partial charge in [0.15, 0.2) is 0 Å². The Labute approximate surface area is 115 Å². The van der Waals surface area contributed by atoms with Gasteiger partial charge in [-0.25, -0.2) is 0 Å². The molecule has 1 saturated heterocycles. The Morgan fingerprint density at radius 3 is 2.95 bits per heavy atom. The molecule has 0 amide bonds. The first-order valence-corrected chi connectivity index (χ1v) is 7.68. The van der Waals surface area contributed by atoms with Crippen molar-refractivity contribution in [2.45, 2.75) is 50.6 Å². The second kappa shape index (κ2) is 3.99. The zero-order valence-electron chi connectivity index (χ0n) is 11.9. The number of benzene rings is 1. The van der Waals surface area contributed by atoms with Crippen LogP contribution in [0.25, 0.3) is 0 Å². The molecule has 4 atom stereocenters. The first-order valence-electron chi connectivity index (χ1n) is 7.68. The average Bonchev–Trinajstić information content (AvgIpc) is 2.68. The molecule has 0 aromatic heterocycles. The fourth-order valence-electron chi connectivity index (χ4n) is 4.98. The second-order valence-electron chi connectivity index (χ2n) is 6.74. The maximum absolute atomic E-state index is 5.44. The summed E-state index contributed by atoms with van der Waals surface area (Å²) < 4.78 is 5.44. The highest BCUT2D eigenvalue weighted by atomic mass is 16.5. The van der Waals surface area contributed by atoms with Gasteiger partial charge in [0, 0.05) is 11.6 Å². The van der Waals surface area contributed by atoms with E-state index in [9.17, 15) is 0 Å². The van der Waals surface area contributed by atoms with E-state index in [1.54, 1.807) is 7.11 Å². The summed E-state index contributed by atoms with van der Waals surface area (Å²) in [5, 5.41) is 3.93. The molecule has 2 heteroatoms. The molecule has 3 unspecified atom stereocenters. The number of hydrogen-bond donors (Lipinski definition) is 1. The van der Waals surface area contributed by atoms with E-state index in [2.05, 4.69) is 30.4 Å². The van der Waals surface area contributed by atoms with Crippen LogP contribution in [0.5, 0.6) is 5.75 Å². The number of ether oxygens (including phenoxy) is 1. The van der Waals surface area contributed by atoms with E-state index in [0.29, 0.717) is 6.04 Å². The lowest BCUT2D eigenvalue weighted by Crippen LogP contribution is -2.50. The molecule has 1 N–H and O–H groups in total. The van der Waals surface area contributed by atoms with Gasteiger partial charge in [-0.15, -0.1) is 0 Å². The Bertz CT molecular complexity index is 512. The van der Waals surface area contributed by atoms with Crippen LogP contribution in [0.4, 0.5) is 0 Å². The minimum Gasteiger partial charge on any atom is -0.497 e. The number of fused-ring (bicyclic) bond motifs is 7. The molecular formula is C17H23NO. The van der Waals surface area contributed by atoms with Gasteiger partial charge in [-0.1, -0.05) is 25.3 Å². The third-order valence-electron chi connectivity index (χ3n) is 5.86. The van der Waals surface area contributed by atoms with Gasteiger partial charge in [-0.2, -0.15) is 0 Å². The van der Waals surface area contributed by atoms with Crippen molar-refractivity contribution >= 4 is 0 Å². The summed E-state index contributed by atoms with van der Waals surface area (Å²) in [6.07, 6.45) is 6.99. The molecule has 2 aliphatic heterocycles. The molecule has 2 heterocycles. The lowest BCUT2D eigenvalue weighted by molar-refractivity contribution is 0.0591. The third kappa shape index (κ3) is 1.53. The minimum atomic E-state index is 0.178. The van der Waals surface area contributed by atoms with Crippen molar-refractivity contribution in [3.63, 3.8) is 0 Å². The normalized spacial score (nSPS) is 39.6. The third-order valence-corrected chi connectivity index (χ3v) is 5.86. The van der Waals surface area contributed by atoms with Crippen molar-refractivity contribution in [3.8, 4) is 5.75 Å². The summed E-state index contributed by atoms with van der Waals surface area (Å²) in [5.41, 5.74) is 3.21. The molecule has 102 valence electrons. The van der Waals surface area contributed by atoms with Crippen LogP contribution in [-0.2, 0) is 5.54 Å². The quantitative estimate of drug-likeness (QED) is 0.827. The van der Waals surface area contributed by atoms with Crippen LogP contribution in [0, 0.1) is 11.8 Å². The minimum absolute atomic E-state index is 0.178. The molecule has 2 bridgehead atoms.